The minimum absolute atomic E-state index is 0.0410. The van der Waals surface area contributed by atoms with E-state index in [0.29, 0.717) is 6.54 Å². The van der Waals surface area contributed by atoms with E-state index < -0.39 is 11.7 Å². The Morgan fingerprint density at radius 3 is 2.84 bits per heavy atom. The Kier molecular flexibility index (Phi) is 6.71. The lowest BCUT2D eigenvalue weighted by molar-refractivity contribution is -0.139. The maximum absolute atomic E-state index is 12.9. The van der Waals surface area contributed by atoms with E-state index in [1.807, 2.05) is 4.90 Å². The maximum atomic E-state index is 12.9. The number of carbonyl (C=O) groups is 1. The predicted octanol–water partition coefficient (Wildman–Crippen LogP) is 2.69. The highest BCUT2D eigenvalue weighted by atomic mass is 19.4. The first-order chi connectivity index (χ1) is 11.9. The number of rotatable bonds is 6. The van der Waals surface area contributed by atoms with Crippen molar-refractivity contribution in [2.45, 2.75) is 31.5 Å². The fraction of sp³-hybridized carbons (Fsp3) is 0.500. The predicted molar refractivity (Wildman–Crippen MR) is 88.0 cm³/mol. The van der Waals surface area contributed by atoms with Gasteiger partial charge in [0.2, 0.25) is 5.91 Å². The smallest absolute Gasteiger partial charge is 0.419 e. The summed E-state index contributed by atoms with van der Waals surface area (Å²) in [7, 11) is 0. The molecule has 0 aliphatic carbocycles. The van der Waals surface area contributed by atoms with Crippen LogP contribution in [0.15, 0.2) is 24.3 Å². The van der Waals surface area contributed by atoms with Crippen molar-refractivity contribution < 1.29 is 22.7 Å². The number of nitrogens with zero attached hydrogens (tertiary/aromatic N) is 1. The van der Waals surface area contributed by atoms with Crippen molar-refractivity contribution >= 4 is 5.91 Å². The SMILES string of the molecule is C#CCN1CCCC[C@@H]1C(=O)NCCOc1ccccc1C(F)(F)F. The molecule has 1 amide bonds. The lowest BCUT2D eigenvalue weighted by Crippen LogP contribution is -2.50. The van der Waals surface area contributed by atoms with Gasteiger partial charge in [-0.05, 0) is 31.5 Å². The summed E-state index contributed by atoms with van der Waals surface area (Å²) in [5, 5.41) is 2.71. The fourth-order valence-corrected chi connectivity index (χ4v) is 2.87. The zero-order valence-electron chi connectivity index (χ0n) is 13.8. The highest BCUT2D eigenvalue weighted by Gasteiger charge is 2.34. The van der Waals surface area contributed by atoms with E-state index in [1.165, 1.54) is 18.2 Å². The molecule has 0 unspecified atom stereocenters. The van der Waals surface area contributed by atoms with Crippen molar-refractivity contribution in [1.82, 2.24) is 10.2 Å². The molecule has 1 fully saturated rings. The van der Waals surface area contributed by atoms with Crippen LogP contribution in [-0.4, -0.2) is 43.1 Å². The summed E-state index contributed by atoms with van der Waals surface area (Å²) in [4.78, 5) is 14.2. The van der Waals surface area contributed by atoms with Gasteiger partial charge in [-0.15, -0.1) is 6.42 Å². The van der Waals surface area contributed by atoms with Gasteiger partial charge in [-0.2, -0.15) is 13.2 Å². The molecular formula is C18H21F3N2O2. The molecule has 25 heavy (non-hydrogen) atoms. The van der Waals surface area contributed by atoms with Gasteiger partial charge in [0.1, 0.15) is 12.4 Å². The number of benzene rings is 1. The van der Waals surface area contributed by atoms with Crippen molar-refractivity contribution in [3.63, 3.8) is 0 Å². The molecule has 1 aromatic carbocycles. The van der Waals surface area contributed by atoms with Crippen molar-refractivity contribution in [1.29, 1.82) is 0 Å². The van der Waals surface area contributed by atoms with Crippen LogP contribution in [0.3, 0.4) is 0 Å². The standard InChI is InChI=1S/C18H21F3N2O2/c1-2-11-23-12-6-5-8-15(23)17(24)22-10-13-25-16-9-4-3-7-14(16)18(19,20)21/h1,3-4,7,9,15H,5-6,8,10-13H2,(H,22,24)/t15-/m1/s1. The summed E-state index contributed by atoms with van der Waals surface area (Å²) < 4.78 is 43.8. The van der Waals surface area contributed by atoms with Gasteiger partial charge >= 0.3 is 6.18 Å². The number of alkyl halides is 3. The van der Waals surface area contributed by atoms with Crippen molar-refractivity contribution in [3.05, 3.63) is 29.8 Å². The van der Waals surface area contributed by atoms with Gasteiger partial charge in [0.25, 0.3) is 0 Å². The lowest BCUT2D eigenvalue weighted by atomic mass is 10.0. The second-order valence-electron chi connectivity index (χ2n) is 5.82. The van der Waals surface area contributed by atoms with Gasteiger partial charge in [0.15, 0.2) is 0 Å². The molecule has 0 bridgehead atoms. The van der Waals surface area contributed by atoms with E-state index >= 15 is 0 Å². The van der Waals surface area contributed by atoms with Gasteiger partial charge in [0, 0.05) is 0 Å². The molecule has 1 N–H and O–H groups in total. The third-order valence-corrected chi connectivity index (χ3v) is 4.06. The topological polar surface area (TPSA) is 41.6 Å². The van der Waals surface area contributed by atoms with E-state index in [1.54, 1.807) is 0 Å². The van der Waals surface area contributed by atoms with Gasteiger partial charge in [-0.1, -0.05) is 24.5 Å². The molecule has 4 nitrogen and oxygen atoms in total. The highest BCUT2D eigenvalue weighted by molar-refractivity contribution is 5.81. The highest BCUT2D eigenvalue weighted by Crippen LogP contribution is 2.35. The first kappa shape index (κ1) is 19.1. The van der Waals surface area contributed by atoms with Crippen LogP contribution in [0.25, 0.3) is 0 Å². The normalized spacial score (nSPS) is 18.4. The molecule has 136 valence electrons. The Morgan fingerprint density at radius 1 is 1.36 bits per heavy atom. The number of para-hydroxylation sites is 1. The van der Waals surface area contributed by atoms with Crippen LogP contribution in [0.2, 0.25) is 0 Å². The van der Waals surface area contributed by atoms with E-state index in [0.717, 1.165) is 31.9 Å². The summed E-state index contributed by atoms with van der Waals surface area (Å²) in [6, 6.07) is 4.73. The Bertz CT molecular complexity index is 625. The number of ether oxygens (including phenoxy) is 1. The average molecular weight is 354 g/mol. The molecule has 1 aliphatic heterocycles. The number of likely N-dealkylation sites (tertiary alicyclic amines) is 1. The minimum atomic E-state index is -4.47. The Balaban J connectivity index is 1.83. The summed E-state index contributed by atoms with van der Waals surface area (Å²) >= 11 is 0. The number of hydrogen-bond acceptors (Lipinski definition) is 3. The monoisotopic (exact) mass is 354 g/mol. The summed E-state index contributed by atoms with van der Waals surface area (Å²) in [6.07, 6.45) is 3.53. The molecule has 0 saturated carbocycles. The molecule has 1 saturated heterocycles. The summed E-state index contributed by atoms with van der Waals surface area (Å²) in [5.41, 5.74) is -0.825. The zero-order valence-corrected chi connectivity index (χ0v) is 13.8. The maximum Gasteiger partial charge on any atom is 0.419 e. The first-order valence-corrected chi connectivity index (χ1v) is 8.17. The largest absolute Gasteiger partial charge is 0.491 e. The third kappa shape index (κ3) is 5.40. The molecule has 0 aromatic heterocycles. The number of carbonyl (C=O) groups excluding carboxylic acids is 1. The zero-order chi connectivity index (χ0) is 18.3. The fourth-order valence-electron chi connectivity index (χ4n) is 2.87. The van der Waals surface area contributed by atoms with Crippen LogP contribution >= 0.6 is 0 Å². The number of amides is 1. The van der Waals surface area contributed by atoms with Crippen LogP contribution in [-0.2, 0) is 11.0 Å². The second kappa shape index (κ2) is 8.77. The molecule has 1 aliphatic rings. The van der Waals surface area contributed by atoms with Crippen molar-refractivity contribution in [2.24, 2.45) is 0 Å². The van der Waals surface area contributed by atoms with E-state index in [-0.39, 0.29) is 30.9 Å². The lowest BCUT2D eigenvalue weighted by Gasteiger charge is -2.33. The van der Waals surface area contributed by atoms with Crippen LogP contribution in [0.4, 0.5) is 13.2 Å². The second-order valence-corrected chi connectivity index (χ2v) is 5.82. The minimum Gasteiger partial charge on any atom is -0.491 e. The average Bonchev–Trinajstić information content (AvgIpc) is 2.59. The molecule has 1 heterocycles. The Labute approximate surface area is 145 Å². The van der Waals surface area contributed by atoms with Crippen LogP contribution in [0, 0.1) is 12.3 Å². The molecule has 1 aromatic rings. The molecule has 2 rings (SSSR count). The quantitative estimate of drug-likeness (QED) is 0.631. The van der Waals surface area contributed by atoms with Crippen LogP contribution in [0.1, 0.15) is 24.8 Å². The molecule has 7 heteroatoms. The third-order valence-electron chi connectivity index (χ3n) is 4.06. The molecule has 0 radical (unpaired) electrons. The summed E-state index contributed by atoms with van der Waals surface area (Å²) in [5.74, 6) is 2.14. The van der Waals surface area contributed by atoms with Crippen LogP contribution in [0.5, 0.6) is 5.75 Å². The van der Waals surface area contributed by atoms with E-state index in [4.69, 9.17) is 11.2 Å². The van der Waals surface area contributed by atoms with Crippen molar-refractivity contribution in [3.8, 4) is 18.1 Å². The number of nitrogens with one attached hydrogen (secondary N) is 1. The Hall–Kier alpha value is -2.20. The van der Waals surface area contributed by atoms with Crippen molar-refractivity contribution in [2.75, 3.05) is 26.2 Å². The number of halogens is 3. The van der Waals surface area contributed by atoms with E-state index in [9.17, 15) is 18.0 Å². The Morgan fingerprint density at radius 2 is 2.12 bits per heavy atom. The van der Waals surface area contributed by atoms with Crippen LogP contribution < -0.4 is 10.1 Å². The first-order valence-electron chi connectivity index (χ1n) is 8.17. The number of piperidine rings is 1. The number of terminal acetylenes is 1. The molecule has 0 spiro atoms. The van der Waals surface area contributed by atoms with Gasteiger partial charge < -0.3 is 10.1 Å². The van der Waals surface area contributed by atoms with E-state index in [2.05, 4.69) is 11.2 Å². The number of hydrogen-bond donors (Lipinski definition) is 1. The van der Waals surface area contributed by atoms with Gasteiger partial charge in [-0.3, -0.25) is 9.69 Å². The molecular weight excluding hydrogens is 333 g/mol. The molecule has 1 atom stereocenters. The van der Waals surface area contributed by atoms with Gasteiger partial charge in [-0.25, -0.2) is 0 Å². The summed E-state index contributed by atoms with van der Waals surface area (Å²) in [6.45, 7) is 1.28. The van der Waals surface area contributed by atoms with Gasteiger partial charge in [0.05, 0.1) is 24.7 Å².